The molecule has 0 radical (unpaired) electrons. The van der Waals surface area contributed by atoms with Crippen molar-refractivity contribution in [2.45, 2.75) is 18.9 Å². The maximum atomic E-state index is 10.2. The lowest BCUT2D eigenvalue weighted by Crippen LogP contribution is -2.52. The van der Waals surface area contributed by atoms with Gasteiger partial charge in [0.05, 0.1) is 39.5 Å². The topological polar surface area (TPSA) is 101 Å². The Kier molecular flexibility index (Phi) is 6.14. The number of piperidine rings is 1. The standard InChI is InChI=1S/C25H21Cl2N5/c26-21-8-4-7-18(23(21)27)22-20-13-32(12-16-5-2-1-3-6-16)10-9-17(20)19(11-28)24(31)25(22,14-29)15-30/h1-8,17,20,22H,9-10,12-13,31H2. The molecule has 3 atom stereocenters. The third kappa shape index (κ3) is 3.52. The third-order valence-electron chi connectivity index (χ3n) is 6.76. The second-order valence-corrected chi connectivity index (χ2v) is 9.16. The number of hydrogen-bond donors (Lipinski definition) is 1. The number of nitrogens with two attached hydrogens (primary N) is 1. The van der Waals surface area contributed by atoms with E-state index in [2.05, 4.69) is 35.2 Å². The number of rotatable bonds is 3. The third-order valence-corrected chi connectivity index (χ3v) is 7.59. The van der Waals surface area contributed by atoms with Crippen molar-refractivity contribution in [1.82, 2.24) is 4.90 Å². The molecule has 7 heteroatoms. The largest absolute Gasteiger partial charge is 0.399 e. The van der Waals surface area contributed by atoms with Gasteiger partial charge in [0.15, 0.2) is 5.41 Å². The van der Waals surface area contributed by atoms with Crippen LogP contribution in [0.3, 0.4) is 0 Å². The van der Waals surface area contributed by atoms with Crippen molar-refractivity contribution in [2.24, 2.45) is 23.0 Å². The highest BCUT2D eigenvalue weighted by Crippen LogP contribution is 2.56. The molecule has 0 saturated carbocycles. The summed E-state index contributed by atoms with van der Waals surface area (Å²) in [4.78, 5) is 2.30. The number of benzene rings is 2. The van der Waals surface area contributed by atoms with Gasteiger partial charge in [-0.15, -0.1) is 0 Å². The van der Waals surface area contributed by atoms with Crippen molar-refractivity contribution in [3.8, 4) is 18.2 Å². The van der Waals surface area contributed by atoms with Crippen LogP contribution in [-0.2, 0) is 6.54 Å². The Morgan fingerprint density at radius 2 is 1.75 bits per heavy atom. The zero-order valence-electron chi connectivity index (χ0n) is 17.3. The molecule has 1 heterocycles. The molecule has 0 spiro atoms. The van der Waals surface area contributed by atoms with Gasteiger partial charge in [0.25, 0.3) is 0 Å². The zero-order chi connectivity index (χ0) is 22.9. The predicted octanol–water partition coefficient (Wildman–Crippen LogP) is 5.00. The molecule has 2 aliphatic rings. The molecule has 4 rings (SSSR count). The average Bonchev–Trinajstić information content (AvgIpc) is 2.81. The van der Waals surface area contributed by atoms with Crippen molar-refractivity contribution in [2.75, 3.05) is 13.1 Å². The minimum absolute atomic E-state index is 0.0452. The lowest BCUT2D eigenvalue weighted by atomic mass is 9.55. The van der Waals surface area contributed by atoms with E-state index in [9.17, 15) is 15.8 Å². The predicted molar refractivity (Wildman–Crippen MR) is 123 cm³/mol. The van der Waals surface area contributed by atoms with E-state index >= 15 is 0 Å². The summed E-state index contributed by atoms with van der Waals surface area (Å²) in [7, 11) is 0. The van der Waals surface area contributed by atoms with Gasteiger partial charge in [-0.3, -0.25) is 4.90 Å². The van der Waals surface area contributed by atoms with Gasteiger partial charge in [0.2, 0.25) is 0 Å². The van der Waals surface area contributed by atoms with Crippen molar-refractivity contribution in [1.29, 1.82) is 15.8 Å². The van der Waals surface area contributed by atoms with Crippen LogP contribution in [0.5, 0.6) is 0 Å². The first-order chi connectivity index (χ1) is 15.5. The molecule has 32 heavy (non-hydrogen) atoms. The molecule has 5 nitrogen and oxygen atoms in total. The van der Waals surface area contributed by atoms with E-state index in [0.717, 1.165) is 13.1 Å². The summed E-state index contributed by atoms with van der Waals surface area (Å²) in [6.07, 6.45) is 0.711. The Morgan fingerprint density at radius 3 is 2.41 bits per heavy atom. The monoisotopic (exact) mass is 461 g/mol. The van der Waals surface area contributed by atoms with Crippen molar-refractivity contribution in [3.05, 3.63) is 81.0 Å². The number of fused-ring (bicyclic) bond motifs is 1. The van der Waals surface area contributed by atoms with Gasteiger partial charge in [-0.05, 0) is 36.1 Å². The summed E-state index contributed by atoms with van der Waals surface area (Å²) >= 11 is 12.9. The zero-order valence-corrected chi connectivity index (χ0v) is 18.8. The highest BCUT2D eigenvalue weighted by atomic mass is 35.5. The van der Waals surface area contributed by atoms with Gasteiger partial charge in [0.1, 0.15) is 0 Å². The Morgan fingerprint density at radius 1 is 1.03 bits per heavy atom. The van der Waals surface area contributed by atoms with Crippen molar-refractivity contribution < 1.29 is 0 Å². The van der Waals surface area contributed by atoms with E-state index in [1.54, 1.807) is 18.2 Å². The molecule has 0 bridgehead atoms. The maximum Gasteiger partial charge on any atom is 0.190 e. The summed E-state index contributed by atoms with van der Waals surface area (Å²) in [5, 5.41) is 31.0. The lowest BCUT2D eigenvalue weighted by molar-refractivity contribution is 0.0861. The van der Waals surface area contributed by atoms with Crippen LogP contribution in [0.2, 0.25) is 10.0 Å². The number of hydrogen-bond acceptors (Lipinski definition) is 5. The molecular weight excluding hydrogens is 441 g/mol. The first kappa shape index (κ1) is 22.2. The Balaban J connectivity index is 1.85. The van der Waals surface area contributed by atoms with Crippen LogP contribution in [0.4, 0.5) is 0 Å². The molecule has 2 N–H and O–H groups in total. The van der Waals surface area contributed by atoms with E-state index in [1.165, 1.54) is 5.56 Å². The Hall–Kier alpha value is -3.01. The SMILES string of the molecule is N#CC1=C(N)C(C#N)(C#N)C(c2cccc(Cl)c2Cl)C2CN(Cc3ccccc3)CCC12. The quantitative estimate of drug-likeness (QED) is 0.692. The lowest BCUT2D eigenvalue weighted by Gasteiger charge is -2.49. The molecule has 0 amide bonds. The molecule has 160 valence electrons. The van der Waals surface area contributed by atoms with Gasteiger partial charge >= 0.3 is 0 Å². The number of allylic oxidation sites excluding steroid dienone is 2. The van der Waals surface area contributed by atoms with E-state index in [0.29, 0.717) is 34.1 Å². The van der Waals surface area contributed by atoms with Crippen LogP contribution in [0.25, 0.3) is 0 Å². The Labute approximate surface area is 197 Å². The fraction of sp³-hybridized carbons (Fsp3) is 0.320. The van der Waals surface area contributed by atoms with E-state index in [4.69, 9.17) is 28.9 Å². The fourth-order valence-electron chi connectivity index (χ4n) is 5.29. The molecule has 3 unspecified atom stereocenters. The second kappa shape index (κ2) is 8.85. The van der Waals surface area contributed by atoms with Crippen LogP contribution in [0.1, 0.15) is 23.5 Å². The van der Waals surface area contributed by atoms with Crippen molar-refractivity contribution >= 4 is 23.2 Å². The summed E-state index contributed by atoms with van der Waals surface area (Å²) in [6.45, 7) is 2.14. The summed E-state index contributed by atoms with van der Waals surface area (Å²) < 4.78 is 0. The summed E-state index contributed by atoms with van der Waals surface area (Å²) in [6, 6.07) is 21.9. The number of nitriles is 3. The molecule has 0 aromatic heterocycles. The van der Waals surface area contributed by atoms with Gasteiger partial charge < -0.3 is 5.73 Å². The summed E-state index contributed by atoms with van der Waals surface area (Å²) in [5.74, 6) is -0.948. The van der Waals surface area contributed by atoms with Crippen molar-refractivity contribution in [3.63, 3.8) is 0 Å². The Bertz CT molecular complexity index is 1170. The number of halogens is 2. The molecule has 1 fully saturated rings. The highest BCUT2D eigenvalue weighted by molar-refractivity contribution is 6.42. The fourth-order valence-corrected chi connectivity index (χ4v) is 5.71. The first-order valence-electron chi connectivity index (χ1n) is 10.4. The van der Waals surface area contributed by atoms with Crippen LogP contribution in [0, 0.1) is 51.2 Å². The van der Waals surface area contributed by atoms with Gasteiger partial charge in [-0.25, -0.2) is 0 Å². The van der Waals surface area contributed by atoms with Gasteiger partial charge in [-0.1, -0.05) is 65.7 Å². The minimum Gasteiger partial charge on any atom is -0.399 e. The molecule has 2 aromatic carbocycles. The number of likely N-dealkylation sites (tertiary alicyclic amines) is 1. The normalized spacial score (nSPS) is 24.7. The molecule has 1 aliphatic heterocycles. The van der Waals surface area contributed by atoms with E-state index in [1.807, 2.05) is 18.2 Å². The van der Waals surface area contributed by atoms with Gasteiger partial charge in [-0.2, -0.15) is 15.8 Å². The van der Waals surface area contributed by atoms with Crippen LogP contribution < -0.4 is 5.73 Å². The first-order valence-corrected chi connectivity index (χ1v) is 11.1. The minimum atomic E-state index is -1.70. The van der Waals surface area contributed by atoms with Crippen LogP contribution >= 0.6 is 23.2 Å². The highest BCUT2D eigenvalue weighted by Gasteiger charge is 2.56. The number of nitrogens with zero attached hydrogens (tertiary/aromatic N) is 4. The van der Waals surface area contributed by atoms with E-state index < -0.39 is 11.3 Å². The summed E-state index contributed by atoms with van der Waals surface area (Å²) in [5.41, 5.74) is 6.90. The smallest absolute Gasteiger partial charge is 0.190 e. The molecule has 1 saturated heterocycles. The molecule has 1 aliphatic carbocycles. The molecule has 2 aromatic rings. The van der Waals surface area contributed by atoms with Gasteiger partial charge in [0, 0.05) is 24.9 Å². The van der Waals surface area contributed by atoms with E-state index in [-0.39, 0.29) is 17.5 Å². The maximum absolute atomic E-state index is 10.2. The average molecular weight is 462 g/mol. The molecular formula is C25H21Cl2N5. The van der Waals surface area contributed by atoms with Crippen LogP contribution in [0.15, 0.2) is 59.8 Å². The van der Waals surface area contributed by atoms with Crippen LogP contribution in [-0.4, -0.2) is 18.0 Å². The second-order valence-electron chi connectivity index (χ2n) is 8.37.